The molecular weight excluding hydrogens is 232 g/mol. The first-order valence-corrected chi connectivity index (χ1v) is 6.25. The standard InChI is InChI=1S/C14H22O4/c1-4-17-14(18-5-2)13(15)10-11-7-6-8-12(9-11)16-3/h6-9,13-15H,4-5,10H2,1-3H3. The fourth-order valence-corrected chi connectivity index (χ4v) is 1.74. The van der Waals surface area contributed by atoms with Crippen LogP contribution in [0.15, 0.2) is 24.3 Å². The summed E-state index contributed by atoms with van der Waals surface area (Å²) in [6.07, 6.45) is -0.787. The van der Waals surface area contributed by atoms with Crippen LogP contribution in [0.4, 0.5) is 0 Å². The van der Waals surface area contributed by atoms with Gasteiger partial charge in [0.05, 0.1) is 7.11 Å². The van der Waals surface area contributed by atoms with Crippen molar-refractivity contribution in [2.45, 2.75) is 32.7 Å². The van der Waals surface area contributed by atoms with E-state index in [2.05, 4.69) is 0 Å². The summed E-state index contributed by atoms with van der Waals surface area (Å²) in [5.74, 6) is 0.782. The highest BCUT2D eigenvalue weighted by Crippen LogP contribution is 2.16. The largest absolute Gasteiger partial charge is 0.497 e. The van der Waals surface area contributed by atoms with E-state index >= 15 is 0 Å². The summed E-state index contributed by atoms with van der Waals surface area (Å²) in [4.78, 5) is 0. The van der Waals surface area contributed by atoms with Gasteiger partial charge in [0.2, 0.25) is 0 Å². The van der Waals surface area contributed by atoms with Crippen molar-refractivity contribution in [2.75, 3.05) is 20.3 Å². The van der Waals surface area contributed by atoms with Crippen LogP contribution in [-0.4, -0.2) is 37.8 Å². The topological polar surface area (TPSA) is 47.9 Å². The van der Waals surface area contributed by atoms with Gasteiger partial charge in [-0.15, -0.1) is 0 Å². The molecule has 0 saturated carbocycles. The Kier molecular flexibility index (Phi) is 6.72. The molecule has 0 radical (unpaired) electrons. The van der Waals surface area contributed by atoms with Crippen molar-refractivity contribution < 1.29 is 19.3 Å². The summed E-state index contributed by atoms with van der Waals surface area (Å²) in [5.41, 5.74) is 0.992. The maximum absolute atomic E-state index is 10.1. The molecule has 0 aliphatic heterocycles. The van der Waals surface area contributed by atoms with Gasteiger partial charge in [0, 0.05) is 19.6 Å². The van der Waals surface area contributed by atoms with Gasteiger partial charge in [-0.2, -0.15) is 0 Å². The number of methoxy groups -OCH3 is 1. The van der Waals surface area contributed by atoms with Crippen molar-refractivity contribution in [1.29, 1.82) is 0 Å². The van der Waals surface area contributed by atoms with Gasteiger partial charge in [0.1, 0.15) is 11.9 Å². The van der Waals surface area contributed by atoms with Crippen LogP contribution in [0.25, 0.3) is 0 Å². The predicted octanol–water partition coefficient (Wildman–Crippen LogP) is 2.00. The monoisotopic (exact) mass is 254 g/mol. The van der Waals surface area contributed by atoms with Gasteiger partial charge in [0.25, 0.3) is 0 Å². The summed E-state index contributed by atoms with van der Waals surface area (Å²) in [7, 11) is 1.62. The molecule has 4 heteroatoms. The Hall–Kier alpha value is -1.10. The van der Waals surface area contributed by atoms with Gasteiger partial charge in [-0.05, 0) is 31.5 Å². The molecule has 1 unspecified atom stereocenters. The lowest BCUT2D eigenvalue weighted by atomic mass is 10.1. The van der Waals surface area contributed by atoms with E-state index in [4.69, 9.17) is 14.2 Å². The van der Waals surface area contributed by atoms with Crippen LogP contribution < -0.4 is 4.74 Å². The van der Waals surface area contributed by atoms with Gasteiger partial charge in [-0.25, -0.2) is 0 Å². The van der Waals surface area contributed by atoms with Crippen LogP contribution in [0.1, 0.15) is 19.4 Å². The SMILES string of the molecule is CCOC(OCC)C(O)Cc1cccc(OC)c1. The summed E-state index contributed by atoms with van der Waals surface area (Å²) in [5, 5.41) is 10.1. The molecule has 1 aromatic rings. The highest BCUT2D eigenvalue weighted by molar-refractivity contribution is 5.28. The summed E-state index contributed by atoms with van der Waals surface area (Å²) in [6.45, 7) is 4.79. The van der Waals surface area contributed by atoms with Gasteiger partial charge < -0.3 is 19.3 Å². The molecule has 0 saturated heterocycles. The van der Waals surface area contributed by atoms with E-state index in [1.807, 2.05) is 38.1 Å². The van der Waals surface area contributed by atoms with E-state index in [0.717, 1.165) is 11.3 Å². The molecule has 1 N–H and O–H groups in total. The van der Waals surface area contributed by atoms with Crippen molar-refractivity contribution in [1.82, 2.24) is 0 Å². The predicted molar refractivity (Wildman–Crippen MR) is 69.7 cm³/mol. The molecule has 1 rings (SSSR count). The maximum Gasteiger partial charge on any atom is 0.183 e. The zero-order valence-corrected chi connectivity index (χ0v) is 11.3. The van der Waals surface area contributed by atoms with Crippen LogP contribution in [0.3, 0.4) is 0 Å². The lowest BCUT2D eigenvalue weighted by Crippen LogP contribution is -2.33. The zero-order valence-electron chi connectivity index (χ0n) is 11.3. The van der Waals surface area contributed by atoms with Crippen LogP contribution in [-0.2, 0) is 15.9 Å². The average molecular weight is 254 g/mol. The minimum Gasteiger partial charge on any atom is -0.497 e. The van der Waals surface area contributed by atoms with Crippen LogP contribution >= 0.6 is 0 Å². The lowest BCUT2D eigenvalue weighted by Gasteiger charge is -2.22. The third-order valence-corrected chi connectivity index (χ3v) is 2.56. The normalized spacial score (nSPS) is 12.7. The molecule has 0 fully saturated rings. The van der Waals surface area contributed by atoms with E-state index < -0.39 is 12.4 Å². The quantitative estimate of drug-likeness (QED) is 0.721. The zero-order chi connectivity index (χ0) is 13.4. The number of rotatable bonds is 8. The lowest BCUT2D eigenvalue weighted by molar-refractivity contribution is -0.188. The van der Waals surface area contributed by atoms with E-state index in [-0.39, 0.29) is 0 Å². The van der Waals surface area contributed by atoms with Crippen LogP contribution in [0.2, 0.25) is 0 Å². The van der Waals surface area contributed by atoms with Crippen LogP contribution in [0.5, 0.6) is 5.75 Å². The summed E-state index contributed by atoms with van der Waals surface area (Å²) < 4.78 is 15.9. The number of benzene rings is 1. The van der Waals surface area contributed by atoms with Crippen LogP contribution in [0, 0.1) is 0 Å². The molecule has 0 spiro atoms. The van der Waals surface area contributed by atoms with E-state index in [1.165, 1.54) is 0 Å². The first-order valence-electron chi connectivity index (χ1n) is 6.25. The Morgan fingerprint density at radius 1 is 1.17 bits per heavy atom. The van der Waals surface area contributed by atoms with Crippen molar-refractivity contribution in [3.8, 4) is 5.75 Å². The minimum absolute atomic E-state index is 0.474. The maximum atomic E-state index is 10.1. The Morgan fingerprint density at radius 2 is 1.83 bits per heavy atom. The highest BCUT2D eigenvalue weighted by atomic mass is 16.7. The third-order valence-electron chi connectivity index (χ3n) is 2.56. The van der Waals surface area contributed by atoms with Crippen molar-refractivity contribution in [3.05, 3.63) is 29.8 Å². The molecule has 1 atom stereocenters. The van der Waals surface area contributed by atoms with E-state index in [1.54, 1.807) is 7.11 Å². The number of hydrogen-bond acceptors (Lipinski definition) is 4. The second-order valence-electron chi connectivity index (χ2n) is 3.90. The minimum atomic E-state index is -0.683. The second-order valence-corrected chi connectivity index (χ2v) is 3.90. The van der Waals surface area contributed by atoms with Gasteiger partial charge in [-0.1, -0.05) is 12.1 Å². The molecule has 0 bridgehead atoms. The fraction of sp³-hybridized carbons (Fsp3) is 0.571. The third kappa shape index (κ3) is 4.64. The molecule has 0 aliphatic rings. The van der Waals surface area contributed by atoms with E-state index in [0.29, 0.717) is 19.6 Å². The second kappa shape index (κ2) is 8.08. The molecule has 0 aromatic heterocycles. The highest BCUT2D eigenvalue weighted by Gasteiger charge is 2.20. The first-order chi connectivity index (χ1) is 8.71. The summed E-state index contributed by atoms with van der Waals surface area (Å²) in [6, 6.07) is 7.62. The Labute approximate surface area is 108 Å². The molecule has 0 aliphatic carbocycles. The van der Waals surface area contributed by atoms with Crippen molar-refractivity contribution in [3.63, 3.8) is 0 Å². The molecular formula is C14H22O4. The molecule has 0 heterocycles. The van der Waals surface area contributed by atoms with Gasteiger partial charge >= 0.3 is 0 Å². The molecule has 4 nitrogen and oxygen atoms in total. The van der Waals surface area contributed by atoms with Crippen molar-refractivity contribution >= 4 is 0 Å². The number of ether oxygens (including phenoxy) is 3. The number of aliphatic hydroxyl groups is 1. The molecule has 102 valence electrons. The summed E-state index contributed by atoms with van der Waals surface area (Å²) >= 11 is 0. The molecule has 18 heavy (non-hydrogen) atoms. The van der Waals surface area contributed by atoms with Gasteiger partial charge in [0.15, 0.2) is 6.29 Å². The van der Waals surface area contributed by atoms with Crippen molar-refractivity contribution in [2.24, 2.45) is 0 Å². The molecule has 1 aromatic carbocycles. The first kappa shape index (κ1) is 15.0. The Morgan fingerprint density at radius 3 is 2.39 bits per heavy atom. The smallest absolute Gasteiger partial charge is 0.183 e. The van der Waals surface area contributed by atoms with Gasteiger partial charge in [-0.3, -0.25) is 0 Å². The Balaban J connectivity index is 2.62. The average Bonchev–Trinajstić information content (AvgIpc) is 2.38. The molecule has 0 amide bonds. The number of aliphatic hydroxyl groups excluding tert-OH is 1. The van der Waals surface area contributed by atoms with E-state index in [9.17, 15) is 5.11 Å². The Bertz CT molecular complexity index is 334. The fourth-order valence-electron chi connectivity index (χ4n) is 1.74. The number of hydrogen-bond donors (Lipinski definition) is 1.